The predicted octanol–water partition coefficient (Wildman–Crippen LogP) is 1.47. The first-order valence-corrected chi connectivity index (χ1v) is 6.06. The zero-order valence-corrected chi connectivity index (χ0v) is 11.2. The van der Waals surface area contributed by atoms with Gasteiger partial charge >= 0.3 is 0 Å². The van der Waals surface area contributed by atoms with E-state index in [0.29, 0.717) is 6.54 Å². The van der Waals surface area contributed by atoms with Crippen molar-refractivity contribution in [3.63, 3.8) is 0 Å². The van der Waals surface area contributed by atoms with Crippen LogP contribution in [0, 0.1) is 0 Å². The van der Waals surface area contributed by atoms with Crippen molar-refractivity contribution in [2.75, 3.05) is 29.9 Å². The second kappa shape index (κ2) is 5.82. The molecule has 0 aliphatic heterocycles. The number of hydrogen-bond donors (Lipinski definition) is 2. The molecule has 0 amide bonds. The van der Waals surface area contributed by atoms with Crippen molar-refractivity contribution in [1.29, 1.82) is 0 Å². The van der Waals surface area contributed by atoms with E-state index in [1.807, 2.05) is 19.9 Å². The van der Waals surface area contributed by atoms with Crippen molar-refractivity contribution in [3.8, 4) is 0 Å². The normalized spacial score (nSPS) is 11.4. The van der Waals surface area contributed by atoms with Crippen LogP contribution < -0.4 is 16.0 Å². The fourth-order valence-corrected chi connectivity index (χ4v) is 1.48. The van der Waals surface area contributed by atoms with E-state index in [-0.39, 0.29) is 5.54 Å². The minimum absolute atomic E-state index is 0.250. The third-order valence-corrected chi connectivity index (χ3v) is 2.47. The van der Waals surface area contributed by atoms with Gasteiger partial charge in [0.2, 0.25) is 0 Å². The maximum absolute atomic E-state index is 5.92. The SMILES string of the molecule is CCN(CC)c1cc(NCC(C)(C)N)ncn1. The van der Waals surface area contributed by atoms with Gasteiger partial charge in [0.25, 0.3) is 0 Å². The molecule has 0 aromatic carbocycles. The summed E-state index contributed by atoms with van der Waals surface area (Å²) >= 11 is 0. The lowest BCUT2D eigenvalue weighted by Gasteiger charge is -2.22. The topological polar surface area (TPSA) is 67.1 Å². The quantitative estimate of drug-likeness (QED) is 0.784. The highest BCUT2D eigenvalue weighted by Crippen LogP contribution is 2.14. The average molecular weight is 237 g/mol. The molecular formula is C12H23N5. The Morgan fingerprint density at radius 2 is 1.94 bits per heavy atom. The molecule has 17 heavy (non-hydrogen) atoms. The fraction of sp³-hybridized carbons (Fsp3) is 0.667. The van der Waals surface area contributed by atoms with Crippen LogP contribution >= 0.6 is 0 Å². The lowest BCUT2D eigenvalue weighted by molar-refractivity contribution is 0.548. The number of nitrogens with one attached hydrogen (secondary N) is 1. The molecule has 0 radical (unpaired) electrons. The summed E-state index contributed by atoms with van der Waals surface area (Å²) < 4.78 is 0. The van der Waals surface area contributed by atoms with Crippen molar-refractivity contribution in [3.05, 3.63) is 12.4 Å². The summed E-state index contributed by atoms with van der Waals surface area (Å²) in [5, 5.41) is 3.23. The van der Waals surface area contributed by atoms with Crippen LogP contribution in [0.5, 0.6) is 0 Å². The van der Waals surface area contributed by atoms with Gasteiger partial charge in [0.05, 0.1) is 0 Å². The number of anilines is 2. The second-order valence-corrected chi connectivity index (χ2v) is 4.78. The van der Waals surface area contributed by atoms with Gasteiger partial charge in [0.1, 0.15) is 18.0 Å². The van der Waals surface area contributed by atoms with Crippen molar-refractivity contribution < 1.29 is 0 Å². The van der Waals surface area contributed by atoms with Crippen LogP contribution in [0.3, 0.4) is 0 Å². The number of hydrogen-bond acceptors (Lipinski definition) is 5. The van der Waals surface area contributed by atoms with Gasteiger partial charge in [-0.3, -0.25) is 0 Å². The molecule has 0 spiro atoms. The minimum atomic E-state index is -0.250. The standard InChI is InChI=1S/C12H23N5/c1-5-17(6-2)11-7-10(15-9-16-11)14-8-12(3,4)13/h7,9H,5-6,8,13H2,1-4H3,(H,14,15,16). The molecule has 96 valence electrons. The summed E-state index contributed by atoms with van der Waals surface area (Å²) in [5.41, 5.74) is 5.67. The van der Waals surface area contributed by atoms with Crippen LogP contribution in [0.2, 0.25) is 0 Å². The van der Waals surface area contributed by atoms with Crippen molar-refractivity contribution in [2.45, 2.75) is 33.2 Å². The predicted molar refractivity (Wildman–Crippen MR) is 72.3 cm³/mol. The molecule has 5 heteroatoms. The summed E-state index contributed by atoms with van der Waals surface area (Å²) in [5.74, 6) is 1.77. The zero-order valence-electron chi connectivity index (χ0n) is 11.2. The molecule has 0 unspecified atom stereocenters. The molecular weight excluding hydrogens is 214 g/mol. The molecule has 5 nitrogen and oxygen atoms in total. The number of rotatable bonds is 6. The Morgan fingerprint density at radius 3 is 2.47 bits per heavy atom. The van der Waals surface area contributed by atoms with Gasteiger partial charge in [-0.2, -0.15) is 0 Å². The van der Waals surface area contributed by atoms with E-state index in [4.69, 9.17) is 5.73 Å². The smallest absolute Gasteiger partial charge is 0.134 e. The first kappa shape index (κ1) is 13.7. The Labute approximate surface area is 103 Å². The van der Waals surface area contributed by atoms with E-state index < -0.39 is 0 Å². The summed E-state index contributed by atoms with van der Waals surface area (Å²) in [6.07, 6.45) is 1.58. The minimum Gasteiger partial charge on any atom is -0.368 e. The third-order valence-electron chi connectivity index (χ3n) is 2.47. The van der Waals surface area contributed by atoms with Gasteiger partial charge in [0, 0.05) is 31.2 Å². The first-order chi connectivity index (χ1) is 7.96. The van der Waals surface area contributed by atoms with Crippen molar-refractivity contribution in [1.82, 2.24) is 9.97 Å². The second-order valence-electron chi connectivity index (χ2n) is 4.78. The molecule has 0 saturated heterocycles. The lowest BCUT2D eigenvalue weighted by Crippen LogP contribution is -2.39. The first-order valence-electron chi connectivity index (χ1n) is 6.06. The fourth-order valence-electron chi connectivity index (χ4n) is 1.48. The maximum atomic E-state index is 5.92. The Balaban J connectivity index is 2.72. The van der Waals surface area contributed by atoms with Gasteiger partial charge < -0.3 is 16.0 Å². The van der Waals surface area contributed by atoms with E-state index in [1.54, 1.807) is 6.33 Å². The summed E-state index contributed by atoms with van der Waals surface area (Å²) in [6, 6.07) is 1.96. The zero-order chi connectivity index (χ0) is 12.9. The van der Waals surface area contributed by atoms with E-state index in [9.17, 15) is 0 Å². The van der Waals surface area contributed by atoms with Crippen LogP contribution in [0.25, 0.3) is 0 Å². The van der Waals surface area contributed by atoms with Gasteiger partial charge in [-0.05, 0) is 27.7 Å². The molecule has 0 fully saturated rings. The van der Waals surface area contributed by atoms with E-state index in [2.05, 4.69) is 34.0 Å². The van der Waals surface area contributed by atoms with Gasteiger partial charge in [-0.15, -0.1) is 0 Å². The van der Waals surface area contributed by atoms with Crippen LogP contribution in [0.1, 0.15) is 27.7 Å². The highest BCUT2D eigenvalue weighted by Gasteiger charge is 2.11. The molecule has 0 saturated carbocycles. The Bertz CT molecular complexity index is 341. The molecule has 3 N–H and O–H groups in total. The van der Waals surface area contributed by atoms with E-state index in [0.717, 1.165) is 24.7 Å². The van der Waals surface area contributed by atoms with Gasteiger partial charge in [0.15, 0.2) is 0 Å². The molecule has 0 bridgehead atoms. The molecule has 1 aromatic rings. The molecule has 0 atom stereocenters. The van der Waals surface area contributed by atoms with E-state index in [1.165, 1.54) is 0 Å². The van der Waals surface area contributed by atoms with Crippen molar-refractivity contribution >= 4 is 11.6 Å². The number of nitrogens with zero attached hydrogens (tertiary/aromatic N) is 3. The number of aromatic nitrogens is 2. The lowest BCUT2D eigenvalue weighted by atomic mass is 10.1. The van der Waals surface area contributed by atoms with Crippen LogP contribution in [0.15, 0.2) is 12.4 Å². The monoisotopic (exact) mass is 237 g/mol. The molecule has 0 aliphatic rings. The highest BCUT2D eigenvalue weighted by atomic mass is 15.2. The third kappa shape index (κ3) is 4.56. The molecule has 0 aliphatic carbocycles. The van der Waals surface area contributed by atoms with Gasteiger partial charge in [-0.25, -0.2) is 9.97 Å². The largest absolute Gasteiger partial charge is 0.368 e. The Morgan fingerprint density at radius 1 is 1.29 bits per heavy atom. The average Bonchev–Trinajstić information content (AvgIpc) is 2.28. The number of nitrogens with two attached hydrogens (primary N) is 1. The van der Waals surface area contributed by atoms with Crippen LogP contribution in [-0.2, 0) is 0 Å². The molecule has 1 rings (SSSR count). The Kier molecular flexibility index (Phi) is 4.69. The highest BCUT2D eigenvalue weighted by molar-refractivity contribution is 5.48. The summed E-state index contributed by atoms with van der Waals surface area (Å²) in [7, 11) is 0. The summed E-state index contributed by atoms with van der Waals surface area (Å²) in [4.78, 5) is 10.6. The maximum Gasteiger partial charge on any atom is 0.134 e. The van der Waals surface area contributed by atoms with E-state index >= 15 is 0 Å². The van der Waals surface area contributed by atoms with Crippen molar-refractivity contribution in [2.24, 2.45) is 5.73 Å². The molecule has 1 aromatic heterocycles. The van der Waals surface area contributed by atoms with Crippen LogP contribution in [0.4, 0.5) is 11.6 Å². The molecule has 1 heterocycles. The van der Waals surface area contributed by atoms with Gasteiger partial charge in [-0.1, -0.05) is 0 Å². The van der Waals surface area contributed by atoms with Crippen LogP contribution in [-0.4, -0.2) is 35.1 Å². The Hall–Kier alpha value is -1.36. The summed E-state index contributed by atoms with van der Waals surface area (Å²) in [6.45, 7) is 10.7.